The summed E-state index contributed by atoms with van der Waals surface area (Å²) in [5, 5.41) is 10.9. The van der Waals surface area contributed by atoms with Crippen molar-refractivity contribution in [2.24, 2.45) is 0 Å². The van der Waals surface area contributed by atoms with Gasteiger partial charge in [-0.05, 0) is 24.3 Å². The molecule has 1 heterocycles. The monoisotopic (exact) mass is 362 g/mol. The zero-order valence-corrected chi connectivity index (χ0v) is 14.0. The Balaban J connectivity index is 1.64. The molecule has 130 valence electrons. The summed E-state index contributed by atoms with van der Waals surface area (Å²) in [7, 11) is 0. The van der Waals surface area contributed by atoms with E-state index in [-0.39, 0.29) is 31.1 Å². The normalized spacial score (nSPS) is 12.4. The molecule has 3 rings (SSSR count). The lowest BCUT2D eigenvalue weighted by molar-refractivity contribution is 0.0189. The van der Waals surface area contributed by atoms with Crippen LogP contribution in [0.5, 0.6) is 0 Å². The van der Waals surface area contributed by atoms with Crippen LogP contribution in [0.1, 0.15) is 5.56 Å². The lowest BCUT2D eigenvalue weighted by Crippen LogP contribution is -2.29. The highest BCUT2D eigenvalue weighted by Crippen LogP contribution is 2.14. The topological polar surface area (TPSA) is 64.4 Å². The number of aliphatic hydroxyl groups is 1. The highest BCUT2D eigenvalue weighted by Gasteiger charge is 2.11. The number of rotatable bonds is 6. The predicted molar refractivity (Wildman–Crippen MR) is 93.1 cm³/mol. The number of fused-ring (bicyclic) bond motifs is 1. The van der Waals surface area contributed by atoms with E-state index < -0.39 is 6.10 Å². The first kappa shape index (κ1) is 17.5. The summed E-state index contributed by atoms with van der Waals surface area (Å²) in [6.07, 6.45) is 0.446. The molecular formula is C18H16ClFN2O3. The average molecular weight is 363 g/mol. The van der Waals surface area contributed by atoms with E-state index in [4.69, 9.17) is 16.3 Å². The van der Waals surface area contributed by atoms with Crippen molar-refractivity contribution in [2.45, 2.75) is 19.3 Å². The van der Waals surface area contributed by atoms with E-state index >= 15 is 0 Å². The Morgan fingerprint density at radius 2 is 2.08 bits per heavy atom. The SMILES string of the molecule is O=c1c2cc(Cl)ccc2ncn1C[C@@H](O)COCc1ccccc1F. The molecular weight excluding hydrogens is 347 g/mol. The lowest BCUT2D eigenvalue weighted by atomic mass is 10.2. The molecule has 0 spiro atoms. The van der Waals surface area contributed by atoms with Crippen molar-refractivity contribution in [3.05, 3.63) is 75.5 Å². The quantitative estimate of drug-likeness (QED) is 0.732. The van der Waals surface area contributed by atoms with E-state index in [1.165, 1.54) is 17.0 Å². The van der Waals surface area contributed by atoms with E-state index in [1.54, 1.807) is 36.4 Å². The fraction of sp³-hybridized carbons (Fsp3) is 0.222. The van der Waals surface area contributed by atoms with Gasteiger partial charge in [0.05, 0.1) is 43.1 Å². The molecule has 0 saturated heterocycles. The van der Waals surface area contributed by atoms with Gasteiger partial charge in [0.25, 0.3) is 5.56 Å². The number of benzene rings is 2. The Labute approximate surface area is 148 Å². The second-order valence-corrected chi connectivity index (χ2v) is 6.06. The maximum Gasteiger partial charge on any atom is 0.261 e. The predicted octanol–water partition coefficient (Wildman–Crippen LogP) is 2.77. The van der Waals surface area contributed by atoms with Gasteiger partial charge in [0, 0.05) is 10.6 Å². The highest BCUT2D eigenvalue weighted by atomic mass is 35.5. The number of ether oxygens (including phenoxy) is 1. The molecule has 0 amide bonds. The zero-order chi connectivity index (χ0) is 17.8. The molecule has 0 radical (unpaired) electrons. The molecule has 25 heavy (non-hydrogen) atoms. The van der Waals surface area contributed by atoms with Crippen molar-refractivity contribution in [2.75, 3.05) is 6.61 Å². The van der Waals surface area contributed by atoms with Gasteiger partial charge in [-0.2, -0.15) is 0 Å². The number of hydrogen-bond donors (Lipinski definition) is 1. The number of aliphatic hydroxyl groups excluding tert-OH is 1. The van der Waals surface area contributed by atoms with Gasteiger partial charge < -0.3 is 9.84 Å². The molecule has 7 heteroatoms. The Bertz CT molecular complexity index is 945. The molecule has 0 bridgehead atoms. The molecule has 3 aromatic rings. The van der Waals surface area contributed by atoms with Crippen LogP contribution < -0.4 is 5.56 Å². The molecule has 1 N–H and O–H groups in total. The van der Waals surface area contributed by atoms with Gasteiger partial charge in [-0.25, -0.2) is 9.37 Å². The van der Waals surface area contributed by atoms with Crippen LogP contribution in [-0.4, -0.2) is 27.4 Å². The van der Waals surface area contributed by atoms with Crippen molar-refractivity contribution in [3.8, 4) is 0 Å². The zero-order valence-electron chi connectivity index (χ0n) is 13.2. The summed E-state index contributed by atoms with van der Waals surface area (Å²) in [5.74, 6) is -0.358. The standard InChI is InChI=1S/C18H16ClFN2O3/c19-13-5-6-17-15(7-13)18(24)22(11-21-17)8-14(23)10-25-9-12-3-1-2-4-16(12)20/h1-7,11,14,23H,8-10H2/t14-/m1/s1. The first-order valence-corrected chi connectivity index (χ1v) is 8.06. The van der Waals surface area contributed by atoms with Gasteiger partial charge in [0.1, 0.15) is 5.82 Å². The van der Waals surface area contributed by atoms with Gasteiger partial charge in [-0.1, -0.05) is 29.8 Å². The third-order valence-electron chi connectivity index (χ3n) is 3.72. The molecule has 0 unspecified atom stereocenters. The minimum Gasteiger partial charge on any atom is -0.389 e. The maximum atomic E-state index is 13.5. The van der Waals surface area contributed by atoms with Gasteiger partial charge in [0.2, 0.25) is 0 Å². The van der Waals surface area contributed by atoms with Crippen molar-refractivity contribution in [3.63, 3.8) is 0 Å². The molecule has 5 nitrogen and oxygen atoms in total. The van der Waals surface area contributed by atoms with Gasteiger partial charge in [-0.15, -0.1) is 0 Å². The van der Waals surface area contributed by atoms with E-state index in [9.17, 15) is 14.3 Å². The van der Waals surface area contributed by atoms with Gasteiger partial charge in [-0.3, -0.25) is 9.36 Å². The molecule has 0 saturated carbocycles. The van der Waals surface area contributed by atoms with Crippen LogP contribution in [0.2, 0.25) is 5.02 Å². The first-order chi connectivity index (χ1) is 12.0. The molecule has 2 aromatic carbocycles. The average Bonchev–Trinajstić information content (AvgIpc) is 2.59. The molecule has 0 aliphatic rings. The fourth-order valence-electron chi connectivity index (χ4n) is 2.46. The Hall–Kier alpha value is -2.28. The molecule has 1 aromatic heterocycles. The van der Waals surface area contributed by atoms with Crippen molar-refractivity contribution in [1.29, 1.82) is 0 Å². The number of halogens is 2. The van der Waals surface area contributed by atoms with Crippen LogP contribution in [-0.2, 0) is 17.9 Å². The van der Waals surface area contributed by atoms with Crippen molar-refractivity contribution in [1.82, 2.24) is 9.55 Å². The number of hydrogen-bond acceptors (Lipinski definition) is 4. The maximum absolute atomic E-state index is 13.5. The molecule has 1 atom stereocenters. The van der Waals surface area contributed by atoms with Crippen LogP contribution in [0.4, 0.5) is 4.39 Å². The summed E-state index contributed by atoms with van der Waals surface area (Å²) in [5.41, 5.74) is 0.658. The van der Waals surface area contributed by atoms with E-state index in [0.29, 0.717) is 21.5 Å². The summed E-state index contributed by atoms with van der Waals surface area (Å²) in [4.78, 5) is 16.6. The smallest absolute Gasteiger partial charge is 0.261 e. The van der Waals surface area contributed by atoms with Gasteiger partial charge >= 0.3 is 0 Å². The summed E-state index contributed by atoms with van der Waals surface area (Å²) >= 11 is 5.91. The summed E-state index contributed by atoms with van der Waals surface area (Å²) < 4.78 is 20.1. The minimum atomic E-state index is -0.928. The third-order valence-corrected chi connectivity index (χ3v) is 3.95. The summed E-state index contributed by atoms with van der Waals surface area (Å²) in [6, 6.07) is 11.1. The van der Waals surface area contributed by atoms with E-state index in [0.717, 1.165) is 0 Å². The third kappa shape index (κ3) is 4.22. The highest BCUT2D eigenvalue weighted by molar-refractivity contribution is 6.31. The van der Waals surface area contributed by atoms with Crippen LogP contribution in [0.25, 0.3) is 10.9 Å². The minimum absolute atomic E-state index is 0.0194. The van der Waals surface area contributed by atoms with Crippen LogP contribution >= 0.6 is 11.6 Å². The second kappa shape index (κ2) is 7.74. The molecule has 0 fully saturated rings. The fourth-order valence-corrected chi connectivity index (χ4v) is 2.63. The Morgan fingerprint density at radius 3 is 2.88 bits per heavy atom. The van der Waals surface area contributed by atoms with E-state index in [1.807, 2.05) is 0 Å². The van der Waals surface area contributed by atoms with E-state index in [2.05, 4.69) is 4.98 Å². The van der Waals surface area contributed by atoms with Gasteiger partial charge in [0.15, 0.2) is 0 Å². The summed E-state index contributed by atoms with van der Waals surface area (Å²) in [6.45, 7) is 0.0319. The van der Waals surface area contributed by atoms with Crippen LogP contribution in [0, 0.1) is 5.82 Å². The second-order valence-electron chi connectivity index (χ2n) is 5.62. The van der Waals surface area contributed by atoms with Crippen molar-refractivity contribution < 1.29 is 14.2 Å². The number of aromatic nitrogens is 2. The van der Waals surface area contributed by atoms with Crippen molar-refractivity contribution >= 4 is 22.5 Å². The largest absolute Gasteiger partial charge is 0.389 e. The van der Waals surface area contributed by atoms with Crippen LogP contribution in [0.15, 0.2) is 53.6 Å². The first-order valence-electron chi connectivity index (χ1n) is 7.68. The molecule has 0 aliphatic heterocycles. The Morgan fingerprint density at radius 1 is 1.28 bits per heavy atom. The molecule has 0 aliphatic carbocycles. The number of nitrogens with zero attached hydrogens (tertiary/aromatic N) is 2. The lowest BCUT2D eigenvalue weighted by Gasteiger charge is -2.13. The van der Waals surface area contributed by atoms with Crippen LogP contribution in [0.3, 0.4) is 0 Å². The Kier molecular flexibility index (Phi) is 5.43.